The number of carbonyl (C=O) groups excluding carboxylic acids is 2. The summed E-state index contributed by atoms with van der Waals surface area (Å²) in [6.45, 7) is 10.6. The number of morpholine rings is 1. The van der Waals surface area contributed by atoms with Crippen LogP contribution in [0.4, 0.5) is 28.1 Å². The summed E-state index contributed by atoms with van der Waals surface area (Å²) in [6.07, 6.45) is 7.54. The van der Waals surface area contributed by atoms with Gasteiger partial charge in [-0.25, -0.2) is 4.79 Å². The molecule has 8 rings (SSSR count). The summed E-state index contributed by atoms with van der Waals surface area (Å²) < 4.78 is 6.08. The minimum Gasteiger partial charge on any atom is -0.371 e. The maximum atomic E-state index is 13.1. The summed E-state index contributed by atoms with van der Waals surface area (Å²) in [4.78, 5) is 49.9. The lowest BCUT2D eigenvalue weighted by molar-refractivity contribution is 0.0299. The highest BCUT2D eigenvalue weighted by Crippen LogP contribution is 2.33. The van der Waals surface area contributed by atoms with Crippen molar-refractivity contribution in [3.05, 3.63) is 54.1 Å². The van der Waals surface area contributed by atoms with E-state index in [1.807, 2.05) is 29.2 Å². The number of rotatable bonds is 8. The number of amides is 3. The van der Waals surface area contributed by atoms with Gasteiger partial charge in [-0.05, 0) is 107 Å². The Morgan fingerprint density at radius 2 is 1.33 bits per heavy atom. The van der Waals surface area contributed by atoms with E-state index < -0.39 is 0 Å². The third kappa shape index (κ3) is 7.21. The van der Waals surface area contributed by atoms with Gasteiger partial charge in [0.05, 0.1) is 12.2 Å². The van der Waals surface area contributed by atoms with E-state index >= 15 is 0 Å². The molecule has 12 heteroatoms. The highest BCUT2D eigenvalue weighted by atomic mass is 16.5. The van der Waals surface area contributed by atoms with Crippen LogP contribution in [0.5, 0.6) is 0 Å². The number of hydrogen-bond acceptors (Lipinski definition) is 9. The van der Waals surface area contributed by atoms with E-state index in [1.165, 1.54) is 19.4 Å². The highest BCUT2D eigenvalue weighted by Gasteiger charge is 2.36. The van der Waals surface area contributed by atoms with E-state index in [2.05, 4.69) is 39.2 Å². The summed E-state index contributed by atoms with van der Waals surface area (Å²) in [5.74, 6) is 2.95. The fourth-order valence-corrected chi connectivity index (χ4v) is 7.78. The summed E-state index contributed by atoms with van der Waals surface area (Å²) in [5.41, 5.74) is 2.76. The topological polar surface area (TPSA) is 119 Å². The van der Waals surface area contributed by atoms with Crippen LogP contribution in [0.25, 0.3) is 11.4 Å². The Kier molecular flexibility index (Phi) is 8.83. The van der Waals surface area contributed by atoms with Crippen LogP contribution in [0.1, 0.15) is 62.7 Å². The van der Waals surface area contributed by atoms with E-state index in [0.29, 0.717) is 40.8 Å². The number of benzene rings is 2. The van der Waals surface area contributed by atoms with Gasteiger partial charge in [0.1, 0.15) is 0 Å². The number of urea groups is 1. The maximum Gasteiger partial charge on any atom is 0.323 e. The van der Waals surface area contributed by atoms with Crippen molar-refractivity contribution in [2.24, 2.45) is 5.92 Å². The third-order valence-corrected chi connectivity index (χ3v) is 10.8. The largest absolute Gasteiger partial charge is 0.371 e. The zero-order valence-corrected chi connectivity index (χ0v) is 28.6. The van der Waals surface area contributed by atoms with Crippen molar-refractivity contribution in [2.45, 2.75) is 76.7 Å². The molecule has 5 aliphatic rings. The van der Waals surface area contributed by atoms with Crippen LogP contribution < -0.4 is 20.4 Å². The molecule has 0 radical (unpaired) electrons. The van der Waals surface area contributed by atoms with Crippen LogP contribution in [-0.2, 0) is 4.74 Å². The van der Waals surface area contributed by atoms with Crippen LogP contribution in [0, 0.1) is 5.92 Å². The monoisotopic (exact) mass is 665 g/mol. The summed E-state index contributed by atoms with van der Waals surface area (Å²) in [6, 6.07) is 15.1. The van der Waals surface area contributed by atoms with Crippen molar-refractivity contribution in [2.75, 3.05) is 66.2 Å². The summed E-state index contributed by atoms with van der Waals surface area (Å²) in [7, 11) is 0. The molecular weight excluding hydrogens is 618 g/mol. The van der Waals surface area contributed by atoms with Crippen molar-refractivity contribution >= 4 is 35.2 Å². The normalized spacial score (nSPS) is 25.5. The molecule has 5 heterocycles. The van der Waals surface area contributed by atoms with Gasteiger partial charge in [-0.2, -0.15) is 15.0 Å². The second-order valence-electron chi connectivity index (χ2n) is 14.6. The number of ether oxygens (including phenoxy) is 1. The Morgan fingerprint density at radius 1 is 0.735 bits per heavy atom. The van der Waals surface area contributed by atoms with Gasteiger partial charge < -0.3 is 30.1 Å². The van der Waals surface area contributed by atoms with Crippen molar-refractivity contribution in [3.63, 3.8) is 0 Å². The molecule has 258 valence electrons. The third-order valence-electron chi connectivity index (χ3n) is 10.8. The maximum absolute atomic E-state index is 13.1. The van der Waals surface area contributed by atoms with Crippen LogP contribution in [-0.4, -0.2) is 107 Å². The first-order valence-corrected chi connectivity index (χ1v) is 18.1. The van der Waals surface area contributed by atoms with E-state index in [-0.39, 0.29) is 24.1 Å². The van der Waals surface area contributed by atoms with Gasteiger partial charge in [0.2, 0.25) is 11.9 Å². The molecule has 5 fully saturated rings. The lowest BCUT2D eigenvalue weighted by atomic mass is 10.1. The Hall–Kier alpha value is -4.29. The quantitative estimate of drug-likeness (QED) is 0.339. The van der Waals surface area contributed by atoms with Crippen LogP contribution in [0.15, 0.2) is 48.5 Å². The van der Waals surface area contributed by atoms with Crippen molar-refractivity contribution < 1.29 is 14.3 Å². The second kappa shape index (κ2) is 13.5. The summed E-state index contributed by atoms with van der Waals surface area (Å²) >= 11 is 0. The second-order valence-corrected chi connectivity index (χ2v) is 14.6. The molecule has 0 spiro atoms. The molecule has 2 N–H and O–H groups in total. The highest BCUT2D eigenvalue weighted by molar-refractivity contribution is 6.00. The SMILES string of the molecule is C[C@@H]1CC[C@H](C)N1c1nc(-c2ccc(NC(=O)Nc3ccc(C(=O)N4CCN(CC5CC5)CC4)cc3)cc2)nc(N2CC3CCC(C2)O3)n1. The first-order valence-electron chi connectivity index (χ1n) is 18.1. The number of nitrogens with zero attached hydrogens (tertiary/aromatic N) is 7. The molecule has 2 aromatic carbocycles. The fraction of sp³-hybridized carbons (Fsp3) is 0.541. The van der Waals surface area contributed by atoms with E-state index in [9.17, 15) is 9.59 Å². The molecule has 4 saturated heterocycles. The molecule has 3 amide bonds. The molecule has 1 aliphatic carbocycles. The van der Waals surface area contributed by atoms with E-state index in [4.69, 9.17) is 19.7 Å². The molecule has 4 aliphatic heterocycles. The zero-order valence-electron chi connectivity index (χ0n) is 28.6. The Balaban J connectivity index is 0.905. The van der Waals surface area contributed by atoms with Gasteiger partial charge in [-0.3, -0.25) is 9.69 Å². The first-order chi connectivity index (χ1) is 23.8. The van der Waals surface area contributed by atoms with Crippen LogP contribution >= 0.6 is 0 Å². The lowest BCUT2D eigenvalue weighted by Crippen LogP contribution is -2.49. The van der Waals surface area contributed by atoms with E-state index in [0.717, 1.165) is 82.4 Å². The number of piperazine rings is 1. The Labute approximate surface area is 288 Å². The number of fused-ring (bicyclic) bond motifs is 2. The van der Waals surface area contributed by atoms with Gasteiger partial charge in [-0.1, -0.05) is 0 Å². The Bertz CT molecular complexity index is 1630. The van der Waals surface area contributed by atoms with Crippen molar-refractivity contribution in [1.29, 1.82) is 0 Å². The predicted molar refractivity (Wildman–Crippen MR) is 190 cm³/mol. The molecule has 1 aromatic heterocycles. The Morgan fingerprint density at radius 3 is 1.94 bits per heavy atom. The predicted octanol–water partition coefficient (Wildman–Crippen LogP) is 5.10. The van der Waals surface area contributed by atoms with Crippen molar-refractivity contribution in [3.8, 4) is 11.4 Å². The summed E-state index contributed by atoms with van der Waals surface area (Å²) in [5, 5.41) is 5.79. The smallest absolute Gasteiger partial charge is 0.323 e. The molecule has 1 saturated carbocycles. The van der Waals surface area contributed by atoms with Crippen LogP contribution in [0.3, 0.4) is 0 Å². The molecule has 2 unspecified atom stereocenters. The molecule has 49 heavy (non-hydrogen) atoms. The van der Waals surface area contributed by atoms with Gasteiger partial charge in [-0.15, -0.1) is 0 Å². The zero-order chi connectivity index (χ0) is 33.5. The van der Waals surface area contributed by atoms with Gasteiger partial charge in [0.25, 0.3) is 5.91 Å². The number of anilines is 4. The van der Waals surface area contributed by atoms with Gasteiger partial charge in [0, 0.05) is 80.4 Å². The van der Waals surface area contributed by atoms with Crippen molar-refractivity contribution in [1.82, 2.24) is 24.8 Å². The number of hydrogen-bond donors (Lipinski definition) is 2. The molecule has 3 aromatic rings. The van der Waals surface area contributed by atoms with Gasteiger partial charge in [0.15, 0.2) is 5.82 Å². The van der Waals surface area contributed by atoms with E-state index in [1.54, 1.807) is 24.3 Å². The average molecular weight is 666 g/mol. The molecule has 2 bridgehead atoms. The minimum absolute atomic E-state index is 0.0427. The first kappa shape index (κ1) is 31.9. The molecular formula is C37H47N9O3. The minimum atomic E-state index is -0.359. The fourth-order valence-electron chi connectivity index (χ4n) is 7.78. The molecule has 12 nitrogen and oxygen atoms in total. The number of aromatic nitrogens is 3. The standard InChI is InChI=1S/C37H47N9O3/c1-24-3-4-25(2)46(24)36-41-33(40-35(42-36)45-22-31-15-16-32(23-45)49-31)27-7-11-29(12-8-27)38-37(48)39-30-13-9-28(10-14-30)34(47)44-19-17-43(18-20-44)21-26-5-6-26/h7-14,24-26,31-32H,3-6,15-23H2,1-2H3,(H2,38,39,48)/t24-,25+,31?,32?. The number of carbonyl (C=O) groups is 2. The number of nitrogens with one attached hydrogen (secondary N) is 2. The van der Waals surface area contributed by atoms with Crippen LogP contribution in [0.2, 0.25) is 0 Å². The average Bonchev–Trinajstić information content (AvgIpc) is 3.78. The van der Waals surface area contributed by atoms with Gasteiger partial charge >= 0.3 is 6.03 Å². The lowest BCUT2D eigenvalue weighted by Gasteiger charge is -2.34. The molecule has 4 atom stereocenters.